The van der Waals surface area contributed by atoms with Crippen LogP contribution in [0.4, 0.5) is 0 Å². The highest BCUT2D eigenvalue weighted by atomic mass is 35.5. The summed E-state index contributed by atoms with van der Waals surface area (Å²) in [4.78, 5) is 25.3. The fourth-order valence-corrected chi connectivity index (χ4v) is 3.17. The summed E-state index contributed by atoms with van der Waals surface area (Å²) in [6.45, 7) is 6.89. The van der Waals surface area contributed by atoms with Crippen molar-refractivity contribution in [1.82, 2.24) is 20.0 Å². The SMILES string of the molecule is CCCCn1nc(C)c(/C=C/C(=O)NCCCN2CCCC2=O)c1Cl. The van der Waals surface area contributed by atoms with Crippen LogP contribution in [-0.4, -0.2) is 46.1 Å². The number of hydrogen-bond donors (Lipinski definition) is 1. The second kappa shape index (κ2) is 9.61. The molecule has 1 aliphatic rings. The molecular weight excluding hydrogens is 340 g/mol. The van der Waals surface area contributed by atoms with Crippen molar-refractivity contribution >= 4 is 29.5 Å². The lowest BCUT2D eigenvalue weighted by Crippen LogP contribution is -2.29. The van der Waals surface area contributed by atoms with Gasteiger partial charge in [0.15, 0.2) is 0 Å². The lowest BCUT2D eigenvalue weighted by molar-refractivity contribution is -0.127. The number of carbonyl (C=O) groups excluding carboxylic acids is 2. The van der Waals surface area contributed by atoms with Gasteiger partial charge in [0.1, 0.15) is 5.15 Å². The average Bonchev–Trinajstić information content (AvgIpc) is 3.11. The zero-order valence-electron chi connectivity index (χ0n) is 15.1. The highest BCUT2D eigenvalue weighted by Gasteiger charge is 2.18. The van der Waals surface area contributed by atoms with Crippen LogP contribution >= 0.6 is 11.6 Å². The van der Waals surface area contributed by atoms with Crippen molar-refractivity contribution in [3.05, 3.63) is 22.5 Å². The van der Waals surface area contributed by atoms with Gasteiger partial charge in [0.2, 0.25) is 11.8 Å². The second-order valence-electron chi connectivity index (χ2n) is 6.33. The smallest absolute Gasteiger partial charge is 0.244 e. The number of nitrogens with one attached hydrogen (secondary N) is 1. The maximum Gasteiger partial charge on any atom is 0.244 e. The first-order chi connectivity index (χ1) is 12.0. The predicted octanol–water partition coefficient (Wildman–Crippen LogP) is 2.79. The zero-order valence-corrected chi connectivity index (χ0v) is 15.8. The summed E-state index contributed by atoms with van der Waals surface area (Å²) in [6.07, 6.45) is 7.66. The number of likely N-dealkylation sites (tertiary alicyclic amines) is 1. The van der Waals surface area contributed by atoms with Crippen LogP contribution in [0.15, 0.2) is 6.08 Å². The molecule has 0 bridgehead atoms. The molecule has 138 valence electrons. The van der Waals surface area contributed by atoms with Crippen LogP contribution in [0.3, 0.4) is 0 Å². The number of hydrogen-bond acceptors (Lipinski definition) is 3. The normalized spacial score (nSPS) is 14.7. The van der Waals surface area contributed by atoms with Gasteiger partial charge in [-0.05, 0) is 32.3 Å². The van der Waals surface area contributed by atoms with E-state index in [-0.39, 0.29) is 11.8 Å². The maximum atomic E-state index is 11.9. The molecule has 0 aliphatic carbocycles. The minimum Gasteiger partial charge on any atom is -0.352 e. The molecule has 6 nitrogen and oxygen atoms in total. The van der Waals surface area contributed by atoms with E-state index in [0.717, 1.165) is 50.0 Å². The third-order valence-electron chi connectivity index (χ3n) is 4.31. The second-order valence-corrected chi connectivity index (χ2v) is 6.69. The Hall–Kier alpha value is -1.82. The molecule has 0 aromatic carbocycles. The number of nitrogens with zero attached hydrogens (tertiary/aromatic N) is 3. The highest BCUT2D eigenvalue weighted by molar-refractivity contribution is 6.31. The van der Waals surface area contributed by atoms with Gasteiger partial charge in [-0.2, -0.15) is 5.10 Å². The number of aryl methyl sites for hydroxylation is 2. The molecule has 1 aliphatic heterocycles. The Morgan fingerprint density at radius 1 is 1.36 bits per heavy atom. The van der Waals surface area contributed by atoms with E-state index in [2.05, 4.69) is 17.3 Å². The summed E-state index contributed by atoms with van der Waals surface area (Å²) >= 11 is 6.34. The number of halogens is 1. The van der Waals surface area contributed by atoms with Gasteiger partial charge in [-0.15, -0.1) is 0 Å². The van der Waals surface area contributed by atoms with Crippen molar-refractivity contribution in [1.29, 1.82) is 0 Å². The third-order valence-corrected chi connectivity index (χ3v) is 4.71. The Labute approximate surface area is 154 Å². The monoisotopic (exact) mass is 366 g/mol. The van der Waals surface area contributed by atoms with Gasteiger partial charge in [0.05, 0.1) is 5.69 Å². The molecule has 25 heavy (non-hydrogen) atoms. The molecule has 1 aromatic heterocycles. The minimum atomic E-state index is -0.162. The van der Waals surface area contributed by atoms with Gasteiger partial charge in [0, 0.05) is 44.2 Å². The van der Waals surface area contributed by atoms with Crippen LogP contribution in [0.25, 0.3) is 6.08 Å². The van der Waals surface area contributed by atoms with Crippen molar-refractivity contribution in [3.63, 3.8) is 0 Å². The van der Waals surface area contributed by atoms with Crippen LogP contribution in [0, 0.1) is 6.92 Å². The molecule has 2 amide bonds. The van der Waals surface area contributed by atoms with Gasteiger partial charge in [-0.25, -0.2) is 0 Å². The molecule has 0 radical (unpaired) electrons. The zero-order chi connectivity index (χ0) is 18.2. The molecule has 0 unspecified atom stereocenters. The van der Waals surface area contributed by atoms with E-state index < -0.39 is 0 Å². The van der Waals surface area contributed by atoms with E-state index in [4.69, 9.17) is 11.6 Å². The van der Waals surface area contributed by atoms with Crippen molar-refractivity contribution in [2.75, 3.05) is 19.6 Å². The lowest BCUT2D eigenvalue weighted by atomic mass is 10.2. The number of rotatable bonds is 9. The maximum absolute atomic E-state index is 11.9. The molecule has 0 spiro atoms. The number of amides is 2. The van der Waals surface area contributed by atoms with E-state index in [1.165, 1.54) is 6.08 Å². The first-order valence-corrected chi connectivity index (χ1v) is 9.37. The predicted molar refractivity (Wildman–Crippen MR) is 99.4 cm³/mol. The highest BCUT2D eigenvalue weighted by Crippen LogP contribution is 2.21. The lowest BCUT2D eigenvalue weighted by Gasteiger charge is -2.14. The Bertz CT molecular complexity index is 639. The first kappa shape index (κ1) is 19.5. The minimum absolute atomic E-state index is 0.162. The van der Waals surface area contributed by atoms with E-state index in [1.807, 2.05) is 11.8 Å². The van der Waals surface area contributed by atoms with Gasteiger partial charge >= 0.3 is 0 Å². The molecule has 1 aromatic rings. The quantitative estimate of drug-likeness (QED) is 0.539. The molecule has 1 N–H and O–H groups in total. The third kappa shape index (κ3) is 5.59. The molecule has 1 saturated heterocycles. The Kier molecular flexibility index (Phi) is 7.50. The van der Waals surface area contributed by atoms with Gasteiger partial charge in [-0.3, -0.25) is 14.3 Å². The topological polar surface area (TPSA) is 67.2 Å². The van der Waals surface area contributed by atoms with Crippen molar-refractivity contribution in [3.8, 4) is 0 Å². The Morgan fingerprint density at radius 2 is 2.16 bits per heavy atom. The summed E-state index contributed by atoms with van der Waals surface area (Å²) in [5.74, 6) is 0.0564. The van der Waals surface area contributed by atoms with Crippen LogP contribution in [0.1, 0.15) is 50.3 Å². The average molecular weight is 367 g/mol. The van der Waals surface area contributed by atoms with E-state index in [0.29, 0.717) is 24.7 Å². The fraction of sp³-hybridized carbons (Fsp3) is 0.611. The molecule has 0 saturated carbocycles. The number of aromatic nitrogens is 2. The molecule has 1 fully saturated rings. The largest absolute Gasteiger partial charge is 0.352 e. The molecular formula is C18H27ClN4O2. The van der Waals surface area contributed by atoms with Crippen LogP contribution in [-0.2, 0) is 16.1 Å². The molecule has 2 heterocycles. The molecule has 0 atom stereocenters. The molecule has 7 heteroatoms. The fourth-order valence-electron chi connectivity index (χ4n) is 2.85. The van der Waals surface area contributed by atoms with Crippen molar-refractivity contribution < 1.29 is 9.59 Å². The molecule has 2 rings (SSSR count). The van der Waals surface area contributed by atoms with E-state index in [1.54, 1.807) is 10.8 Å². The van der Waals surface area contributed by atoms with Crippen LogP contribution in [0.5, 0.6) is 0 Å². The van der Waals surface area contributed by atoms with Crippen LogP contribution in [0.2, 0.25) is 5.15 Å². The standard InChI is InChI=1S/C18H27ClN4O2/c1-3-4-13-23-18(19)15(14(2)21-23)8-9-16(24)20-10-6-12-22-11-5-7-17(22)25/h8-9H,3-7,10-13H2,1-2H3,(H,20,24)/b9-8+. The summed E-state index contributed by atoms with van der Waals surface area (Å²) in [6, 6.07) is 0. The van der Waals surface area contributed by atoms with Gasteiger partial charge in [-0.1, -0.05) is 24.9 Å². The van der Waals surface area contributed by atoms with E-state index in [9.17, 15) is 9.59 Å². The number of unbranched alkanes of at least 4 members (excludes halogenated alkanes) is 1. The summed E-state index contributed by atoms with van der Waals surface area (Å²) in [5.41, 5.74) is 1.60. The van der Waals surface area contributed by atoms with Crippen molar-refractivity contribution in [2.24, 2.45) is 0 Å². The first-order valence-electron chi connectivity index (χ1n) is 8.99. The summed E-state index contributed by atoms with van der Waals surface area (Å²) in [5, 5.41) is 7.83. The van der Waals surface area contributed by atoms with Crippen LogP contribution < -0.4 is 5.32 Å². The van der Waals surface area contributed by atoms with Gasteiger partial charge < -0.3 is 10.2 Å². The summed E-state index contributed by atoms with van der Waals surface area (Å²) in [7, 11) is 0. The number of carbonyl (C=O) groups is 2. The van der Waals surface area contributed by atoms with Crippen molar-refractivity contribution in [2.45, 2.75) is 52.5 Å². The Balaban J connectivity index is 1.78. The van der Waals surface area contributed by atoms with E-state index >= 15 is 0 Å². The summed E-state index contributed by atoms with van der Waals surface area (Å²) < 4.78 is 1.78. The Morgan fingerprint density at radius 3 is 2.84 bits per heavy atom. The van der Waals surface area contributed by atoms with Gasteiger partial charge in [0.25, 0.3) is 0 Å².